The van der Waals surface area contributed by atoms with Gasteiger partial charge in [0.1, 0.15) is 12.3 Å². The zero-order chi connectivity index (χ0) is 19.1. The number of rotatable bonds is 7. The number of hydrogen-bond acceptors (Lipinski definition) is 3. The first-order valence-electron chi connectivity index (χ1n) is 8.04. The Kier molecular flexibility index (Phi) is 6.66. The Morgan fingerprint density at radius 2 is 1.85 bits per heavy atom. The highest BCUT2D eigenvalue weighted by Gasteiger charge is 2.17. The summed E-state index contributed by atoms with van der Waals surface area (Å²) >= 11 is 0. The molecule has 0 aromatic heterocycles. The van der Waals surface area contributed by atoms with Crippen LogP contribution in [0.25, 0.3) is 0 Å². The minimum Gasteiger partial charge on any atom is -0.496 e. The highest BCUT2D eigenvalue weighted by Crippen LogP contribution is 2.19. The molecule has 2 rings (SSSR count). The quantitative estimate of drug-likeness (QED) is 0.824. The SMILES string of the molecule is COc1ccccc1CCNC(=O)CN(C(C)=O)c1ccc(F)c(F)c1. The minimum absolute atomic E-state index is 0.122. The summed E-state index contributed by atoms with van der Waals surface area (Å²) in [4.78, 5) is 25.0. The van der Waals surface area contributed by atoms with Crippen molar-refractivity contribution >= 4 is 17.5 Å². The molecule has 0 saturated carbocycles. The summed E-state index contributed by atoms with van der Waals surface area (Å²) in [6, 6.07) is 10.5. The summed E-state index contributed by atoms with van der Waals surface area (Å²) in [5.74, 6) is -2.21. The predicted molar refractivity (Wildman–Crippen MR) is 94.1 cm³/mol. The van der Waals surface area contributed by atoms with Gasteiger partial charge in [0, 0.05) is 25.2 Å². The van der Waals surface area contributed by atoms with Crippen molar-refractivity contribution in [2.75, 3.05) is 25.1 Å². The standard InChI is InChI=1S/C19H20F2N2O3/c1-13(24)23(15-7-8-16(20)17(21)11-15)12-19(25)22-10-9-14-5-3-4-6-18(14)26-2/h3-8,11H,9-10,12H2,1-2H3,(H,22,25). The number of para-hydroxylation sites is 1. The Bertz CT molecular complexity index is 796. The first-order chi connectivity index (χ1) is 12.4. The van der Waals surface area contributed by atoms with Crippen molar-refractivity contribution in [3.05, 3.63) is 59.7 Å². The van der Waals surface area contributed by atoms with Crippen LogP contribution in [0.3, 0.4) is 0 Å². The van der Waals surface area contributed by atoms with E-state index in [1.807, 2.05) is 24.3 Å². The number of anilines is 1. The maximum atomic E-state index is 13.4. The van der Waals surface area contributed by atoms with Gasteiger partial charge in [0.15, 0.2) is 11.6 Å². The van der Waals surface area contributed by atoms with Crippen molar-refractivity contribution < 1.29 is 23.1 Å². The second kappa shape index (κ2) is 8.94. The summed E-state index contributed by atoms with van der Waals surface area (Å²) in [6.07, 6.45) is 0.557. The van der Waals surface area contributed by atoms with Crippen molar-refractivity contribution in [1.29, 1.82) is 0 Å². The number of ether oxygens (including phenoxy) is 1. The van der Waals surface area contributed by atoms with Crippen molar-refractivity contribution in [3.63, 3.8) is 0 Å². The second-order valence-electron chi connectivity index (χ2n) is 5.62. The number of halogens is 2. The van der Waals surface area contributed by atoms with Crippen molar-refractivity contribution in [3.8, 4) is 5.75 Å². The van der Waals surface area contributed by atoms with Crippen LogP contribution >= 0.6 is 0 Å². The molecule has 0 unspecified atom stereocenters. The lowest BCUT2D eigenvalue weighted by Crippen LogP contribution is -2.40. The number of nitrogens with zero attached hydrogens (tertiary/aromatic N) is 1. The molecule has 0 bridgehead atoms. The molecule has 0 saturated heterocycles. The molecule has 2 aromatic carbocycles. The Hall–Kier alpha value is -2.96. The van der Waals surface area contributed by atoms with Crippen LogP contribution < -0.4 is 15.0 Å². The van der Waals surface area contributed by atoms with Gasteiger partial charge in [-0.2, -0.15) is 0 Å². The average molecular weight is 362 g/mol. The second-order valence-corrected chi connectivity index (χ2v) is 5.62. The van der Waals surface area contributed by atoms with E-state index in [0.29, 0.717) is 13.0 Å². The summed E-state index contributed by atoms with van der Waals surface area (Å²) in [5.41, 5.74) is 1.07. The minimum atomic E-state index is -1.08. The van der Waals surface area contributed by atoms with Crippen LogP contribution in [0.2, 0.25) is 0 Å². The van der Waals surface area contributed by atoms with Crippen LogP contribution in [0.4, 0.5) is 14.5 Å². The van der Waals surface area contributed by atoms with Crippen LogP contribution in [0.1, 0.15) is 12.5 Å². The highest BCUT2D eigenvalue weighted by molar-refractivity contribution is 5.97. The normalized spacial score (nSPS) is 10.3. The smallest absolute Gasteiger partial charge is 0.240 e. The fraction of sp³-hybridized carbons (Fsp3) is 0.263. The van der Waals surface area contributed by atoms with Gasteiger partial charge in [-0.05, 0) is 30.2 Å². The molecule has 0 aliphatic rings. The Labute approximate surface area is 150 Å². The van der Waals surface area contributed by atoms with E-state index in [1.165, 1.54) is 13.0 Å². The van der Waals surface area contributed by atoms with Gasteiger partial charge in [0.05, 0.1) is 7.11 Å². The van der Waals surface area contributed by atoms with Gasteiger partial charge < -0.3 is 15.0 Å². The Balaban J connectivity index is 1.95. The zero-order valence-corrected chi connectivity index (χ0v) is 14.6. The first kappa shape index (κ1) is 19.4. The number of nitrogens with one attached hydrogen (secondary N) is 1. The largest absolute Gasteiger partial charge is 0.496 e. The fourth-order valence-corrected chi connectivity index (χ4v) is 2.48. The van der Waals surface area contributed by atoms with Crippen LogP contribution in [0.15, 0.2) is 42.5 Å². The third-order valence-electron chi connectivity index (χ3n) is 3.81. The van der Waals surface area contributed by atoms with E-state index in [-0.39, 0.29) is 12.2 Å². The van der Waals surface area contributed by atoms with Crippen LogP contribution in [0.5, 0.6) is 5.75 Å². The molecule has 2 aromatic rings. The maximum Gasteiger partial charge on any atom is 0.240 e. The average Bonchev–Trinajstić information content (AvgIpc) is 2.62. The lowest BCUT2D eigenvalue weighted by molar-refractivity contribution is -0.123. The van der Waals surface area contributed by atoms with Gasteiger partial charge in [0.25, 0.3) is 0 Å². The van der Waals surface area contributed by atoms with E-state index in [2.05, 4.69) is 5.32 Å². The molecule has 7 heteroatoms. The van der Waals surface area contributed by atoms with Crippen LogP contribution in [-0.2, 0) is 16.0 Å². The van der Waals surface area contributed by atoms with E-state index in [4.69, 9.17) is 4.74 Å². The molecule has 0 spiro atoms. The number of carbonyl (C=O) groups excluding carboxylic acids is 2. The van der Waals surface area contributed by atoms with E-state index < -0.39 is 23.4 Å². The third-order valence-corrected chi connectivity index (χ3v) is 3.81. The van der Waals surface area contributed by atoms with E-state index in [1.54, 1.807) is 7.11 Å². The molecular formula is C19H20F2N2O3. The lowest BCUT2D eigenvalue weighted by atomic mass is 10.1. The molecule has 1 N–H and O–H groups in total. The third kappa shape index (κ3) is 5.02. The molecule has 2 amide bonds. The van der Waals surface area contributed by atoms with Crippen molar-refractivity contribution in [1.82, 2.24) is 5.32 Å². The lowest BCUT2D eigenvalue weighted by Gasteiger charge is -2.21. The molecule has 26 heavy (non-hydrogen) atoms. The predicted octanol–water partition coefficient (Wildman–Crippen LogP) is 2.69. The summed E-state index contributed by atoms with van der Waals surface area (Å²) in [5, 5.41) is 2.71. The number of carbonyl (C=O) groups is 2. The number of benzene rings is 2. The summed E-state index contributed by atoms with van der Waals surface area (Å²) in [7, 11) is 1.57. The number of methoxy groups -OCH3 is 1. The molecule has 138 valence electrons. The first-order valence-corrected chi connectivity index (χ1v) is 8.04. The highest BCUT2D eigenvalue weighted by atomic mass is 19.2. The number of amides is 2. The van der Waals surface area contributed by atoms with Gasteiger partial charge in [0.2, 0.25) is 11.8 Å². The van der Waals surface area contributed by atoms with E-state index in [0.717, 1.165) is 28.3 Å². The molecule has 0 heterocycles. The van der Waals surface area contributed by atoms with Crippen LogP contribution in [-0.4, -0.2) is 32.0 Å². The van der Waals surface area contributed by atoms with E-state index >= 15 is 0 Å². The molecule has 0 atom stereocenters. The molecule has 0 radical (unpaired) electrons. The van der Waals surface area contributed by atoms with Gasteiger partial charge in [-0.25, -0.2) is 8.78 Å². The van der Waals surface area contributed by atoms with Crippen LogP contribution in [0, 0.1) is 11.6 Å². The molecule has 0 aliphatic heterocycles. The topological polar surface area (TPSA) is 58.6 Å². The van der Waals surface area contributed by atoms with Gasteiger partial charge in [-0.15, -0.1) is 0 Å². The fourth-order valence-electron chi connectivity index (χ4n) is 2.48. The molecule has 5 nitrogen and oxygen atoms in total. The van der Waals surface area contributed by atoms with Crippen molar-refractivity contribution in [2.45, 2.75) is 13.3 Å². The molecule has 0 fully saturated rings. The van der Waals surface area contributed by atoms with Gasteiger partial charge in [-0.1, -0.05) is 18.2 Å². The van der Waals surface area contributed by atoms with Crippen molar-refractivity contribution in [2.24, 2.45) is 0 Å². The summed E-state index contributed by atoms with van der Waals surface area (Å²) in [6.45, 7) is 1.32. The molecular weight excluding hydrogens is 342 g/mol. The number of hydrogen-bond donors (Lipinski definition) is 1. The van der Waals surface area contributed by atoms with Gasteiger partial charge >= 0.3 is 0 Å². The monoisotopic (exact) mass is 362 g/mol. The molecule has 0 aliphatic carbocycles. The Morgan fingerprint density at radius 1 is 1.12 bits per heavy atom. The maximum absolute atomic E-state index is 13.4. The Morgan fingerprint density at radius 3 is 2.50 bits per heavy atom. The zero-order valence-electron chi connectivity index (χ0n) is 14.6. The van der Waals surface area contributed by atoms with E-state index in [9.17, 15) is 18.4 Å². The van der Waals surface area contributed by atoms with Gasteiger partial charge in [-0.3, -0.25) is 9.59 Å². The summed E-state index contributed by atoms with van der Waals surface area (Å²) < 4.78 is 31.7.